The first-order valence-corrected chi connectivity index (χ1v) is 7.91. The second kappa shape index (κ2) is 4.84. The number of anilines is 1. The Labute approximate surface area is 130 Å². The summed E-state index contributed by atoms with van der Waals surface area (Å²) in [5, 5.41) is 3.07. The summed E-state index contributed by atoms with van der Waals surface area (Å²) in [5.74, 6) is 0.0878. The van der Waals surface area contributed by atoms with Crippen molar-refractivity contribution in [1.29, 1.82) is 0 Å². The van der Waals surface area contributed by atoms with E-state index in [0.29, 0.717) is 6.42 Å². The molecule has 1 N–H and O–H groups in total. The molecular formula is C20H19NO. The molecule has 2 aliphatic rings. The van der Waals surface area contributed by atoms with Crippen molar-refractivity contribution in [2.24, 2.45) is 0 Å². The molecule has 2 heteroatoms. The van der Waals surface area contributed by atoms with Crippen LogP contribution in [0.5, 0.6) is 0 Å². The number of nitrogens with one attached hydrogen (secondary N) is 1. The number of rotatable bonds is 1. The molecule has 1 heterocycles. The summed E-state index contributed by atoms with van der Waals surface area (Å²) in [5.41, 5.74) is 9.87. The maximum Gasteiger partial charge on any atom is 0.228 e. The van der Waals surface area contributed by atoms with Crippen LogP contribution in [0.4, 0.5) is 5.69 Å². The third kappa shape index (κ3) is 1.98. The maximum atomic E-state index is 12.3. The van der Waals surface area contributed by atoms with Crippen LogP contribution in [0.2, 0.25) is 0 Å². The molecule has 1 amide bonds. The molecule has 0 saturated carbocycles. The van der Waals surface area contributed by atoms with Gasteiger partial charge in [0.15, 0.2) is 0 Å². The van der Waals surface area contributed by atoms with E-state index in [4.69, 9.17) is 0 Å². The van der Waals surface area contributed by atoms with Crippen LogP contribution in [0.1, 0.15) is 41.2 Å². The number of carbonyl (C=O) groups is 1. The molecule has 2 aromatic carbocycles. The summed E-state index contributed by atoms with van der Waals surface area (Å²) in [7, 11) is 0. The lowest BCUT2D eigenvalue weighted by atomic mass is 9.96. The normalized spacial score (nSPS) is 15.8. The Morgan fingerprint density at radius 2 is 1.82 bits per heavy atom. The van der Waals surface area contributed by atoms with Gasteiger partial charge in [0.05, 0.1) is 6.42 Å². The highest BCUT2D eigenvalue weighted by Crippen LogP contribution is 2.44. The third-order valence-electron chi connectivity index (χ3n) is 4.75. The molecule has 0 unspecified atom stereocenters. The minimum atomic E-state index is 0.0878. The van der Waals surface area contributed by atoms with E-state index in [2.05, 4.69) is 55.6 Å². The number of hydrogen-bond donors (Lipinski definition) is 1. The number of aryl methyl sites for hydroxylation is 2. The second-order valence-corrected chi connectivity index (χ2v) is 6.25. The van der Waals surface area contributed by atoms with Crippen LogP contribution in [0.15, 0.2) is 36.4 Å². The lowest BCUT2D eigenvalue weighted by molar-refractivity contribution is -0.115. The van der Waals surface area contributed by atoms with Crippen molar-refractivity contribution in [1.82, 2.24) is 0 Å². The molecule has 110 valence electrons. The first kappa shape index (κ1) is 13.3. The molecule has 1 aliphatic carbocycles. The topological polar surface area (TPSA) is 29.1 Å². The summed E-state index contributed by atoms with van der Waals surface area (Å²) in [4.78, 5) is 12.3. The molecule has 0 fully saturated rings. The number of hydrogen-bond acceptors (Lipinski definition) is 1. The van der Waals surface area contributed by atoms with Crippen molar-refractivity contribution in [3.8, 4) is 0 Å². The lowest BCUT2D eigenvalue weighted by Crippen LogP contribution is -2.11. The smallest absolute Gasteiger partial charge is 0.228 e. The van der Waals surface area contributed by atoms with Crippen LogP contribution in [0.3, 0.4) is 0 Å². The van der Waals surface area contributed by atoms with Gasteiger partial charge in [-0.25, -0.2) is 0 Å². The highest BCUT2D eigenvalue weighted by Gasteiger charge is 2.28. The van der Waals surface area contributed by atoms with E-state index < -0.39 is 0 Å². The second-order valence-electron chi connectivity index (χ2n) is 6.25. The van der Waals surface area contributed by atoms with Crippen LogP contribution in [0, 0.1) is 6.92 Å². The Kier molecular flexibility index (Phi) is 2.93. The molecule has 1 aliphatic heterocycles. The summed E-state index contributed by atoms with van der Waals surface area (Å²) >= 11 is 0. The summed E-state index contributed by atoms with van der Waals surface area (Å²) in [6.07, 6.45) is 2.41. The maximum absolute atomic E-state index is 12.3. The molecule has 0 bridgehead atoms. The van der Waals surface area contributed by atoms with Gasteiger partial charge in [-0.1, -0.05) is 36.8 Å². The zero-order chi connectivity index (χ0) is 15.3. The van der Waals surface area contributed by atoms with E-state index in [0.717, 1.165) is 18.5 Å². The van der Waals surface area contributed by atoms with Gasteiger partial charge in [-0.05, 0) is 59.7 Å². The monoisotopic (exact) mass is 289 g/mol. The van der Waals surface area contributed by atoms with Gasteiger partial charge in [-0.3, -0.25) is 4.79 Å². The minimum absolute atomic E-state index is 0.0878. The van der Waals surface area contributed by atoms with Crippen molar-refractivity contribution < 1.29 is 4.79 Å². The quantitative estimate of drug-likeness (QED) is 0.830. The predicted octanol–water partition coefficient (Wildman–Crippen LogP) is 4.37. The van der Waals surface area contributed by atoms with Gasteiger partial charge >= 0.3 is 0 Å². The largest absolute Gasteiger partial charge is 0.325 e. The molecule has 0 saturated heterocycles. The summed E-state index contributed by atoms with van der Waals surface area (Å²) in [6, 6.07) is 13.0. The Hall–Kier alpha value is -2.35. The van der Waals surface area contributed by atoms with Gasteiger partial charge in [0.25, 0.3) is 0 Å². The van der Waals surface area contributed by atoms with Gasteiger partial charge in [-0.2, -0.15) is 0 Å². The summed E-state index contributed by atoms with van der Waals surface area (Å²) in [6.45, 7) is 4.28. The average Bonchev–Trinajstić information content (AvgIpc) is 2.78. The molecule has 0 radical (unpaired) electrons. The number of benzene rings is 2. The summed E-state index contributed by atoms with van der Waals surface area (Å²) < 4.78 is 0. The van der Waals surface area contributed by atoms with E-state index in [1.165, 1.54) is 39.0 Å². The minimum Gasteiger partial charge on any atom is -0.325 e. The van der Waals surface area contributed by atoms with Crippen LogP contribution in [0.25, 0.3) is 11.1 Å². The molecule has 0 aromatic heterocycles. The Morgan fingerprint density at radius 1 is 1.00 bits per heavy atom. The molecule has 0 spiro atoms. The molecular weight excluding hydrogens is 270 g/mol. The van der Waals surface area contributed by atoms with E-state index in [-0.39, 0.29) is 5.91 Å². The van der Waals surface area contributed by atoms with Crippen LogP contribution in [-0.2, 0) is 17.6 Å². The Balaban J connectivity index is 1.95. The van der Waals surface area contributed by atoms with Gasteiger partial charge in [-0.15, -0.1) is 0 Å². The standard InChI is InChI=1S/C20H19NO/c1-3-13-5-7-19-18(9-13)16-10-14-6-4-12(2)8-15(14)17(16)11-20(22)21-19/h4-9H,3,10-11H2,1-2H3,(H,21,22). The Bertz CT molecular complexity index is 830. The average molecular weight is 289 g/mol. The van der Waals surface area contributed by atoms with E-state index in [1.807, 2.05) is 0 Å². The van der Waals surface area contributed by atoms with Gasteiger partial charge < -0.3 is 5.32 Å². The molecule has 0 atom stereocenters. The number of fused-ring (bicyclic) bond motifs is 4. The number of amides is 1. The van der Waals surface area contributed by atoms with Crippen molar-refractivity contribution in [2.45, 2.75) is 33.1 Å². The molecule has 4 rings (SSSR count). The third-order valence-corrected chi connectivity index (χ3v) is 4.75. The SMILES string of the molecule is CCc1ccc2c(c1)C1=C(CC(=O)N2)c2cc(C)ccc2C1. The van der Waals surface area contributed by atoms with Crippen LogP contribution in [-0.4, -0.2) is 5.91 Å². The van der Waals surface area contributed by atoms with Crippen LogP contribution >= 0.6 is 0 Å². The van der Waals surface area contributed by atoms with E-state index >= 15 is 0 Å². The Morgan fingerprint density at radius 3 is 2.64 bits per heavy atom. The highest BCUT2D eigenvalue weighted by molar-refractivity contribution is 6.12. The molecule has 2 nitrogen and oxygen atoms in total. The zero-order valence-electron chi connectivity index (χ0n) is 13.0. The van der Waals surface area contributed by atoms with E-state index in [1.54, 1.807) is 0 Å². The zero-order valence-corrected chi connectivity index (χ0v) is 13.0. The first-order valence-electron chi connectivity index (χ1n) is 7.91. The van der Waals surface area contributed by atoms with Gasteiger partial charge in [0.2, 0.25) is 5.91 Å². The fraction of sp³-hybridized carbons (Fsp3) is 0.250. The van der Waals surface area contributed by atoms with Crippen LogP contribution < -0.4 is 5.32 Å². The lowest BCUT2D eigenvalue weighted by Gasteiger charge is -2.11. The fourth-order valence-electron chi connectivity index (χ4n) is 3.57. The van der Waals surface area contributed by atoms with Gasteiger partial charge in [0, 0.05) is 11.3 Å². The van der Waals surface area contributed by atoms with Gasteiger partial charge in [0.1, 0.15) is 0 Å². The van der Waals surface area contributed by atoms with Crippen molar-refractivity contribution in [2.75, 3.05) is 5.32 Å². The molecule has 2 aromatic rings. The van der Waals surface area contributed by atoms with Crippen molar-refractivity contribution >= 4 is 22.7 Å². The highest BCUT2D eigenvalue weighted by atomic mass is 16.1. The first-order chi connectivity index (χ1) is 10.7. The van der Waals surface area contributed by atoms with Crippen molar-refractivity contribution in [3.63, 3.8) is 0 Å². The fourth-order valence-corrected chi connectivity index (χ4v) is 3.57. The predicted molar refractivity (Wildman–Crippen MR) is 90.8 cm³/mol. The molecule has 22 heavy (non-hydrogen) atoms. The van der Waals surface area contributed by atoms with E-state index in [9.17, 15) is 4.79 Å². The number of carbonyl (C=O) groups excluding carboxylic acids is 1. The number of allylic oxidation sites excluding steroid dienone is 1. The van der Waals surface area contributed by atoms with Crippen molar-refractivity contribution in [3.05, 3.63) is 64.2 Å².